The van der Waals surface area contributed by atoms with Crippen LogP contribution in [0.1, 0.15) is 17.5 Å². The molecule has 1 N–H and O–H groups in total. The highest BCUT2D eigenvalue weighted by Gasteiger charge is 2.33. The third-order valence-corrected chi connectivity index (χ3v) is 3.31. The van der Waals surface area contributed by atoms with Crippen molar-refractivity contribution >= 4 is 0 Å². The van der Waals surface area contributed by atoms with Crippen LogP contribution < -0.4 is 9.47 Å². The Balaban J connectivity index is 2.52. The van der Waals surface area contributed by atoms with Crippen LogP contribution in [0.4, 0.5) is 0 Å². The van der Waals surface area contributed by atoms with Gasteiger partial charge in [-0.1, -0.05) is 5.92 Å². The van der Waals surface area contributed by atoms with Gasteiger partial charge in [0.2, 0.25) is 0 Å². The zero-order valence-electron chi connectivity index (χ0n) is 10.1. The van der Waals surface area contributed by atoms with E-state index in [1.54, 1.807) is 14.2 Å². The van der Waals surface area contributed by atoms with E-state index in [0.29, 0.717) is 19.3 Å². The van der Waals surface area contributed by atoms with Crippen LogP contribution in [0.2, 0.25) is 0 Å². The van der Waals surface area contributed by atoms with E-state index in [4.69, 9.17) is 15.9 Å². The second-order valence-corrected chi connectivity index (χ2v) is 4.28. The van der Waals surface area contributed by atoms with Crippen molar-refractivity contribution in [2.75, 3.05) is 14.2 Å². The van der Waals surface area contributed by atoms with Gasteiger partial charge in [0.15, 0.2) is 0 Å². The first-order valence-electron chi connectivity index (χ1n) is 5.56. The van der Waals surface area contributed by atoms with Gasteiger partial charge in [0.1, 0.15) is 17.1 Å². The Hall–Kier alpha value is -1.66. The highest BCUT2D eigenvalue weighted by Crippen LogP contribution is 2.39. The minimum atomic E-state index is -1.06. The number of benzene rings is 1. The summed E-state index contributed by atoms with van der Waals surface area (Å²) < 4.78 is 10.6. The van der Waals surface area contributed by atoms with Gasteiger partial charge >= 0.3 is 0 Å². The molecule has 0 aliphatic heterocycles. The van der Waals surface area contributed by atoms with E-state index >= 15 is 0 Å². The Kier molecular flexibility index (Phi) is 2.99. The fourth-order valence-corrected chi connectivity index (χ4v) is 2.34. The molecule has 3 heteroatoms. The molecule has 0 aromatic heterocycles. The van der Waals surface area contributed by atoms with E-state index in [-0.39, 0.29) is 0 Å². The standard InChI is InChI=1S/C14H16O3/c1-4-14(15)8-7-10-11(9-14)13(17-3)6-5-12(10)16-2/h1,5-6,15H,7-9H2,2-3H3. The van der Waals surface area contributed by atoms with Crippen LogP contribution in [0.3, 0.4) is 0 Å². The highest BCUT2D eigenvalue weighted by atomic mass is 16.5. The van der Waals surface area contributed by atoms with E-state index < -0.39 is 5.60 Å². The first-order valence-corrected chi connectivity index (χ1v) is 5.56. The molecule has 0 heterocycles. The third-order valence-electron chi connectivity index (χ3n) is 3.31. The molecular formula is C14H16O3. The zero-order valence-corrected chi connectivity index (χ0v) is 10.1. The fraction of sp³-hybridized carbons (Fsp3) is 0.429. The van der Waals surface area contributed by atoms with Gasteiger partial charge in [-0.15, -0.1) is 6.42 Å². The normalized spacial score (nSPS) is 22.5. The first-order chi connectivity index (χ1) is 8.13. The second-order valence-electron chi connectivity index (χ2n) is 4.28. The molecule has 0 bridgehead atoms. The molecule has 3 nitrogen and oxygen atoms in total. The Morgan fingerprint density at radius 2 is 1.82 bits per heavy atom. The fourth-order valence-electron chi connectivity index (χ4n) is 2.34. The minimum absolute atomic E-state index is 0.416. The first kappa shape index (κ1) is 11.8. The number of hydrogen-bond acceptors (Lipinski definition) is 3. The smallest absolute Gasteiger partial charge is 0.129 e. The molecule has 1 aromatic rings. The molecule has 90 valence electrons. The quantitative estimate of drug-likeness (QED) is 0.786. The van der Waals surface area contributed by atoms with E-state index in [0.717, 1.165) is 22.6 Å². The van der Waals surface area contributed by atoms with Crippen molar-refractivity contribution in [3.8, 4) is 23.8 Å². The lowest BCUT2D eigenvalue weighted by Gasteiger charge is -2.30. The molecule has 0 radical (unpaired) electrons. The van der Waals surface area contributed by atoms with Crippen molar-refractivity contribution in [2.45, 2.75) is 24.9 Å². The van der Waals surface area contributed by atoms with Gasteiger partial charge in [-0.3, -0.25) is 0 Å². The number of methoxy groups -OCH3 is 2. The van der Waals surface area contributed by atoms with Crippen molar-refractivity contribution in [3.63, 3.8) is 0 Å². The van der Waals surface area contributed by atoms with Gasteiger partial charge in [0.25, 0.3) is 0 Å². The second kappa shape index (κ2) is 4.31. The molecular weight excluding hydrogens is 216 g/mol. The topological polar surface area (TPSA) is 38.7 Å². The number of aliphatic hydroxyl groups is 1. The van der Waals surface area contributed by atoms with Crippen LogP contribution in [0.5, 0.6) is 11.5 Å². The molecule has 0 fully saturated rings. The minimum Gasteiger partial charge on any atom is -0.496 e. The summed E-state index contributed by atoms with van der Waals surface area (Å²) >= 11 is 0. The molecule has 1 aliphatic carbocycles. The van der Waals surface area contributed by atoms with Gasteiger partial charge < -0.3 is 14.6 Å². The van der Waals surface area contributed by atoms with Gasteiger partial charge in [0.05, 0.1) is 14.2 Å². The maximum atomic E-state index is 10.2. The summed E-state index contributed by atoms with van der Waals surface area (Å²) in [7, 11) is 3.26. The highest BCUT2D eigenvalue weighted by molar-refractivity contribution is 5.51. The van der Waals surface area contributed by atoms with Crippen molar-refractivity contribution in [3.05, 3.63) is 23.3 Å². The van der Waals surface area contributed by atoms with Crippen LogP contribution in [0, 0.1) is 12.3 Å². The molecule has 2 rings (SSSR count). The molecule has 1 aromatic carbocycles. The lowest BCUT2D eigenvalue weighted by atomic mass is 9.80. The number of ether oxygens (including phenoxy) is 2. The molecule has 1 aliphatic rings. The average molecular weight is 232 g/mol. The predicted molar refractivity (Wildman–Crippen MR) is 65.4 cm³/mol. The Bertz CT molecular complexity index is 473. The Labute approximate surface area is 101 Å². The van der Waals surface area contributed by atoms with Crippen molar-refractivity contribution in [1.29, 1.82) is 0 Å². The summed E-state index contributed by atoms with van der Waals surface area (Å²) in [5.41, 5.74) is 0.984. The summed E-state index contributed by atoms with van der Waals surface area (Å²) in [6.07, 6.45) is 7.06. The third kappa shape index (κ3) is 1.96. The van der Waals surface area contributed by atoms with Gasteiger partial charge in [-0.25, -0.2) is 0 Å². The molecule has 0 saturated heterocycles. The van der Waals surface area contributed by atoms with E-state index in [1.165, 1.54) is 0 Å². The van der Waals surface area contributed by atoms with Crippen LogP contribution in [0.15, 0.2) is 12.1 Å². The number of hydrogen-bond donors (Lipinski definition) is 1. The van der Waals surface area contributed by atoms with E-state index in [9.17, 15) is 5.11 Å². The van der Waals surface area contributed by atoms with Crippen molar-refractivity contribution < 1.29 is 14.6 Å². The van der Waals surface area contributed by atoms with Crippen LogP contribution in [0.25, 0.3) is 0 Å². The summed E-state index contributed by atoms with van der Waals surface area (Å²) in [5.74, 6) is 4.06. The summed E-state index contributed by atoms with van der Waals surface area (Å²) in [6, 6.07) is 3.73. The predicted octanol–water partition coefficient (Wildman–Crippen LogP) is 1.56. The molecule has 1 atom stereocenters. The van der Waals surface area contributed by atoms with Gasteiger partial charge in [-0.05, 0) is 25.0 Å². The van der Waals surface area contributed by atoms with Crippen LogP contribution in [-0.4, -0.2) is 24.9 Å². The molecule has 0 spiro atoms. The molecule has 0 saturated carbocycles. The Morgan fingerprint density at radius 3 is 2.35 bits per heavy atom. The lowest BCUT2D eigenvalue weighted by molar-refractivity contribution is 0.0850. The SMILES string of the molecule is C#CC1(O)CCc2c(OC)ccc(OC)c2C1. The summed E-state index contributed by atoms with van der Waals surface area (Å²) in [6.45, 7) is 0. The van der Waals surface area contributed by atoms with E-state index in [1.807, 2.05) is 12.1 Å². The summed E-state index contributed by atoms with van der Waals surface area (Å²) in [4.78, 5) is 0. The summed E-state index contributed by atoms with van der Waals surface area (Å²) in [5, 5.41) is 10.2. The lowest BCUT2D eigenvalue weighted by Crippen LogP contribution is -2.34. The van der Waals surface area contributed by atoms with Crippen LogP contribution in [-0.2, 0) is 12.8 Å². The maximum Gasteiger partial charge on any atom is 0.129 e. The maximum absolute atomic E-state index is 10.2. The van der Waals surface area contributed by atoms with Crippen LogP contribution >= 0.6 is 0 Å². The molecule has 17 heavy (non-hydrogen) atoms. The number of rotatable bonds is 2. The Morgan fingerprint density at radius 1 is 1.24 bits per heavy atom. The van der Waals surface area contributed by atoms with Gasteiger partial charge in [0, 0.05) is 17.5 Å². The monoisotopic (exact) mass is 232 g/mol. The van der Waals surface area contributed by atoms with Crippen molar-refractivity contribution in [1.82, 2.24) is 0 Å². The van der Waals surface area contributed by atoms with E-state index in [2.05, 4.69) is 5.92 Å². The number of terminal acetylenes is 1. The number of fused-ring (bicyclic) bond motifs is 1. The largest absolute Gasteiger partial charge is 0.496 e. The molecule has 0 amide bonds. The molecule has 1 unspecified atom stereocenters. The van der Waals surface area contributed by atoms with Gasteiger partial charge in [-0.2, -0.15) is 0 Å². The van der Waals surface area contributed by atoms with Crippen molar-refractivity contribution in [2.24, 2.45) is 0 Å². The zero-order chi connectivity index (χ0) is 12.5. The average Bonchev–Trinajstić information content (AvgIpc) is 2.37.